The summed E-state index contributed by atoms with van der Waals surface area (Å²) in [6, 6.07) is 1.51. The molecule has 0 saturated carbocycles. The summed E-state index contributed by atoms with van der Waals surface area (Å²) < 4.78 is 18.5. The van der Waals surface area contributed by atoms with Crippen LogP contribution in [0.25, 0.3) is 0 Å². The summed E-state index contributed by atoms with van der Waals surface area (Å²) in [5.41, 5.74) is 4.94. The molecule has 8 nitrogen and oxygen atoms in total. The van der Waals surface area contributed by atoms with Crippen molar-refractivity contribution < 1.29 is 19.3 Å². The molecule has 3 heterocycles. The van der Waals surface area contributed by atoms with E-state index >= 15 is 0 Å². The smallest absolute Gasteiger partial charge is 0.351 e. The maximum absolute atomic E-state index is 11.9. The van der Waals surface area contributed by atoms with E-state index < -0.39 is 36.0 Å². The minimum atomic E-state index is -0.782. The Balaban J connectivity index is 1.96. The van der Waals surface area contributed by atoms with E-state index in [1.165, 1.54) is 16.8 Å². The molecule has 0 aliphatic carbocycles. The molecule has 0 aromatic carbocycles. The highest BCUT2D eigenvalue weighted by Crippen LogP contribution is 2.42. The van der Waals surface area contributed by atoms with Crippen molar-refractivity contribution in [3.63, 3.8) is 0 Å². The number of hydrogen-bond donors (Lipinski definition) is 2. The molecule has 3 N–H and O–H groups in total. The number of nitrogens with two attached hydrogens (primary N) is 1. The minimum absolute atomic E-state index is 0.142. The first-order valence-electron chi connectivity index (χ1n) is 6.38. The molecule has 20 heavy (non-hydrogen) atoms. The lowest BCUT2D eigenvalue weighted by Gasteiger charge is -2.24. The van der Waals surface area contributed by atoms with Gasteiger partial charge in [-0.3, -0.25) is 4.57 Å². The van der Waals surface area contributed by atoms with Crippen molar-refractivity contribution in [2.24, 2.45) is 0 Å². The molecule has 0 radical (unpaired) electrons. The molecule has 3 rings (SSSR count). The summed E-state index contributed by atoms with van der Waals surface area (Å²) >= 11 is 0. The lowest BCUT2D eigenvalue weighted by atomic mass is 10.1. The second kappa shape index (κ2) is 4.52. The van der Waals surface area contributed by atoms with Crippen LogP contribution in [-0.2, 0) is 14.2 Å². The van der Waals surface area contributed by atoms with Crippen LogP contribution in [0.1, 0.15) is 20.1 Å². The number of aliphatic hydroxyl groups is 1. The largest absolute Gasteiger partial charge is 0.394 e. The van der Waals surface area contributed by atoms with Gasteiger partial charge in [-0.2, -0.15) is 4.98 Å². The van der Waals surface area contributed by atoms with E-state index in [0.29, 0.717) is 0 Å². The molecule has 1 aromatic heterocycles. The van der Waals surface area contributed by atoms with Gasteiger partial charge in [0.15, 0.2) is 12.0 Å². The summed E-state index contributed by atoms with van der Waals surface area (Å²) in [5.74, 6) is -0.640. The molecule has 0 spiro atoms. The molecular formula is C12H17N3O5. The molecule has 0 bridgehead atoms. The van der Waals surface area contributed by atoms with E-state index in [9.17, 15) is 9.90 Å². The first-order valence-corrected chi connectivity index (χ1v) is 6.38. The van der Waals surface area contributed by atoms with E-state index in [4.69, 9.17) is 19.9 Å². The molecule has 2 aliphatic heterocycles. The number of aliphatic hydroxyl groups excluding tert-OH is 1. The summed E-state index contributed by atoms with van der Waals surface area (Å²) in [5, 5.41) is 9.38. The number of anilines is 1. The normalized spacial score (nSPS) is 35.1. The van der Waals surface area contributed by atoms with Gasteiger partial charge in [-0.05, 0) is 19.9 Å². The summed E-state index contributed by atoms with van der Waals surface area (Å²) in [6.07, 6.45) is -0.647. The van der Waals surface area contributed by atoms with Gasteiger partial charge < -0.3 is 25.1 Å². The maximum atomic E-state index is 11.9. The van der Waals surface area contributed by atoms with Crippen molar-refractivity contribution in [2.45, 2.75) is 44.2 Å². The van der Waals surface area contributed by atoms with E-state index in [-0.39, 0.29) is 12.4 Å². The summed E-state index contributed by atoms with van der Waals surface area (Å²) in [4.78, 5) is 15.6. The Morgan fingerprint density at radius 3 is 2.80 bits per heavy atom. The molecule has 1 aromatic rings. The van der Waals surface area contributed by atoms with Gasteiger partial charge in [0.1, 0.15) is 24.1 Å². The van der Waals surface area contributed by atoms with Gasteiger partial charge in [0.25, 0.3) is 0 Å². The topological polar surface area (TPSA) is 109 Å². The number of ether oxygens (including phenoxy) is 3. The highest BCUT2D eigenvalue weighted by atomic mass is 16.8. The Hall–Kier alpha value is -1.48. The Labute approximate surface area is 115 Å². The van der Waals surface area contributed by atoms with E-state index in [0.717, 1.165) is 0 Å². The quantitative estimate of drug-likeness (QED) is 0.734. The average Bonchev–Trinajstić information content (AvgIpc) is 2.83. The molecule has 2 saturated heterocycles. The third kappa shape index (κ3) is 2.10. The van der Waals surface area contributed by atoms with Crippen LogP contribution in [0.4, 0.5) is 5.82 Å². The van der Waals surface area contributed by atoms with Crippen molar-refractivity contribution >= 4 is 5.82 Å². The molecule has 0 unspecified atom stereocenters. The van der Waals surface area contributed by atoms with Crippen molar-refractivity contribution in [1.82, 2.24) is 9.55 Å². The number of aromatic nitrogens is 2. The standard InChI is InChI=1S/C12H17N3O5/c1-12(2)19-8-6(5-16)18-10(9(8)20-12)15-4-3-7(13)14-11(15)17/h3-4,6,8-10,16H,5H2,1-2H3,(H2,13,14,17)/t6-,8+,9-,10+/m1/s1. The van der Waals surface area contributed by atoms with Gasteiger partial charge in [0.2, 0.25) is 0 Å². The first-order chi connectivity index (χ1) is 9.41. The van der Waals surface area contributed by atoms with Gasteiger partial charge in [-0.25, -0.2) is 4.79 Å². The number of rotatable bonds is 2. The lowest BCUT2D eigenvalue weighted by molar-refractivity contribution is -0.200. The number of nitrogen functional groups attached to an aromatic ring is 1. The fraction of sp³-hybridized carbons (Fsp3) is 0.667. The van der Waals surface area contributed by atoms with Crippen LogP contribution in [0.5, 0.6) is 0 Å². The van der Waals surface area contributed by atoms with Crippen LogP contribution in [0, 0.1) is 0 Å². The van der Waals surface area contributed by atoms with Crippen molar-refractivity contribution in [2.75, 3.05) is 12.3 Å². The molecule has 8 heteroatoms. The van der Waals surface area contributed by atoms with Gasteiger partial charge >= 0.3 is 5.69 Å². The van der Waals surface area contributed by atoms with Crippen LogP contribution >= 0.6 is 0 Å². The first kappa shape index (κ1) is 13.5. The molecule has 110 valence electrons. The maximum Gasteiger partial charge on any atom is 0.351 e. The molecule has 0 amide bonds. The van der Waals surface area contributed by atoms with E-state index in [1.807, 2.05) is 0 Å². The van der Waals surface area contributed by atoms with Crippen LogP contribution in [0.3, 0.4) is 0 Å². The molecule has 2 aliphatic rings. The highest BCUT2D eigenvalue weighted by molar-refractivity contribution is 5.23. The third-order valence-electron chi connectivity index (χ3n) is 3.43. The fourth-order valence-corrected chi connectivity index (χ4v) is 2.65. The molecular weight excluding hydrogens is 266 g/mol. The van der Waals surface area contributed by atoms with Crippen LogP contribution in [0.2, 0.25) is 0 Å². The second-order valence-corrected chi connectivity index (χ2v) is 5.35. The zero-order valence-corrected chi connectivity index (χ0v) is 11.2. The Kier molecular flexibility index (Phi) is 3.05. The second-order valence-electron chi connectivity index (χ2n) is 5.35. The van der Waals surface area contributed by atoms with Crippen LogP contribution < -0.4 is 11.4 Å². The van der Waals surface area contributed by atoms with Gasteiger partial charge in [0.05, 0.1) is 6.61 Å². The molecule has 2 fully saturated rings. The predicted octanol–water partition coefficient (Wildman–Crippen LogP) is -0.765. The minimum Gasteiger partial charge on any atom is -0.394 e. The van der Waals surface area contributed by atoms with Crippen LogP contribution in [-0.4, -0.2) is 45.4 Å². The SMILES string of the molecule is CC1(C)O[C@@H]2[C@@H](O1)[C@@H](n1ccc(N)nc1=O)O[C@@H]2CO. The number of fused-ring (bicyclic) bond motifs is 1. The monoisotopic (exact) mass is 283 g/mol. The van der Waals surface area contributed by atoms with Crippen molar-refractivity contribution in [3.05, 3.63) is 22.7 Å². The van der Waals surface area contributed by atoms with Gasteiger partial charge in [-0.1, -0.05) is 0 Å². The lowest BCUT2D eigenvalue weighted by Crippen LogP contribution is -2.35. The Bertz CT molecular complexity index is 572. The van der Waals surface area contributed by atoms with Crippen molar-refractivity contribution in [1.29, 1.82) is 0 Å². The Morgan fingerprint density at radius 1 is 1.45 bits per heavy atom. The highest BCUT2D eigenvalue weighted by Gasteiger charge is 2.55. The van der Waals surface area contributed by atoms with Gasteiger partial charge in [-0.15, -0.1) is 0 Å². The van der Waals surface area contributed by atoms with E-state index in [2.05, 4.69) is 4.98 Å². The zero-order valence-electron chi connectivity index (χ0n) is 11.2. The number of nitrogens with zero attached hydrogens (tertiary/aromatic N) is 2. The predicted molar refractivity (Wildman–Crippen MR) is 67.7 cm³/mol. The summed E-state index contributed by atoms with van der Waals surface area (Å²) in [7, 11) is 0. The van der Waals surface area contributed by atoms with E-state index in [1.54, 1.807) is 13.8 Å². The molecule has 4 atom stereocenters. The third-order valence-corrected chi connectivity index (χ3v) is 3.43. The fourth-order valence-electron chi connectivity index (χ4n) is 2.65. The zero-order chi connectivity index (χ0) is 14.5. The number of hydrogen-bond acceptors (Lipinski definition) is 7. The summed E-state index contributed by atoms with van der Waals surface area (Å²) in [6.45, 7) is 3.34. The van der Waals surface area contributed by atoms with Crippen molar-refractivity contribution in [3.8, 4) is 0 Å². The van der Waals surface area contributed by atoms with Crippen LogP contribution in [0.15, 0.2) is 17.1 Å². The Morgan fingerprint density at radius 2 is 2.15 bits per heavy atom. The average molecular weight is 283 g/mol. The van der Waals surface area contributed by atoms with Gasteiger partial charge in [0, 0.05) is 6.20 Å².